The third kappa shape index (κ3) is 2.18. The van der Waals surface area contributed by atoms with E-state index < -0.39 is 0 Å². The highest BCUT2D eigenvalue weighted by atomic mass is 16.5. The van der Waals surface area contributed by atoms with Crippen LogP contribution in [0, 0.1) is 0 Å². The topological polar surface area (TPSA) is 63.8 Å². The molecule has 1 unspecified atom stereocenters. The van der Waals surface area contributed by atoms with Crippen molar-refractivity contribution < 1.29 is 13.9 Å². The summed E-state index contributed by atoms with van der Waals surface area (Å²) >= 11 is 0. The lowest BCUT2D eigenvalue weighted by Gasteiger charge is -2.11. The number of rotatable bonds is 4. The van der Waals surface area contributed by atoms with Gasteiger partial charge >= 0.3 is 0 Å². The van der Waals surface area contributed by atoms with Gasteiger partial charge in [0.1, 0.15) is 11.5 Å². The zero-order valence-electron chi connectivity index (χ0n) is 11.0. The molecule has 1 N–H and O–H groups in total. The average molecular weight is 270 g/mol. The van der Waals surface area contributed by atoms with Gasteiger partial charge in [0.15, 0.2) is 5.76 Å². The predicted molar refractivity (Wildman–Crippen MR) is 74.2 cm³/mol. The van der Waals surface area contributed by atoms with E-state index in [1.165, 1.54) is 6.26 Å². The van der Waals surface area contributed by atoms with E-state index >= 15 is 0 Å². The monoisotopic (exact) mass is 270 g/mol. The molecule has 0 spiro atoms. The van der Waals surface area contributed by atoms with Gasteiger partial charge < -0.3 is 14.6 Å². The number of methoxy groups -OCH3 is 1. The summed E-state index contributed by atoms with van der Waals surface area (Å²) in [7, 11) is 1.62. The fourth-order valence-corrected chi connectivity index (χ4v) is 2.25. The molecule has 2 heterocycles. The third-order valence-electron chi connectivity index (χ3n) is 3.32. The van der Waals surface area contributed by atoms with Crippen LogP contribution in [0.1, 0.15) is 22.0 Å². The molecular weight excluding hydrogens is 256 g/mol. The lowest BCUT2D eigenvalue weighted by atomic mass is 9.92. The highest BCUT2D eigenvalue weighted by Crippen LogP contribution is 2.24. The van der Waals surface area contributed by atoms with Crippen LogP contribution >= 0.6 is 0 Å². The molecule has 1 atom stereocenters. The van der Waals surface area contributed by atoms with Crippen molar-refractivity contribution >= 4 is 11.5 Å². The lowest BCUT2D eigenvalue weighted by Crippen LogP contribution is -2.21. The van der Waals surface area contributed by atoms with Crippen molar-refractivity contribution in [3.05, 3.63) is 54.0 Å². The Morgan fingerprint density at radius 1 is 1.35 bits per heavy atom. The van der Waals surface area contributed by atoms with E-state index in [4.69, 9.17) is 9.15 Å². The number of furan rings is 1. The highest BCUT2D eigenvalue weighted by Gasteiger charge is 2.30. The molecule has 0 radical (unpaired) electrons. The summed E-state index contributed by atoms with van der Waals surface area (Å²) in [5.74, 6) is 0.848. The predicted octanol–water partition coefficient (Wildman–Crippen LogP) is 2.21. The van der Waals surface area contributed by atoms with Gasteiger partial charge in [-0.05, 0) is 29.8 Å². The molecule has 3 rings (SSSR count). The summed E-state index contributed by atoms with van der Waals surface area (Å²) in [5, 5.41) is 4.12. The molecule has 1 aromatic heterocycles. The van der Waals surface area contributed by atoms with Crippen LogP contribution in [0.4, 0.5) is 0 Å². The molecule has 2 aromatic rings. The Hall–Kier alpha value is -2.56. The summed E-state index contributed by atoms with van der Waals surface area (Å²) in [5.41, 5.74) is 4.39. The minimum atomic E-state index is -0.180. The molecule has 1 aromatic carbocycles. The van der Waals surface area contributed by atoms with Crippen LogP contribution < -0.4 is 10.2 Å². The molecule has 0 aliphatic carbocycles. The summed E-state index contributed by atoms with van der Waals surface area (Å²) in [4.78, 5) is 12.3. The first-order valence-corrected chi connectivity index (χ1v) is 6.32. The Bertz CT molecular complexity index is 630. The fourth-order valence-electron chi connectivity index (χ4n) is 2.25. The van der Waals surface area contributed by atoms with Crippen LogP contribution in [0.2, 0.25) is 0 Å². The number of hydrazone groups is 1. The van der Waals surface area contributed by atoms with Gasteiger partial charge in [-0.3, -0.25) is 4.79 Å². The molecule has 0 amide bonds. The number of ether oxygens (including phenoxy) is 1. The lowest BCUT2D eigenvalue weighted by molar-refractivity contribution is 0.103. The van der Waals surface area contributed by atoms with E-state index in [1.54, 1.807) is 19.2 Å². The van der Waals surface area contributed by atoms with Crippen molar-refractivity contribution in [2.75, 3.05) is 13.7 Å². The maximum absolute atomic E-state index is 12.3. The molecule has 20 heavy (non-hydrogen) atoms. The van der Waals surface area contributed by atoms with Crippen molar-refractivity contribution in [2.45, 2.75) is 5.92 Å². The van der Waals surface area contributed by atoms with Crippen LogP contribution in [-0.2, 0) is 0 Å². The molecule has 0 fully saturated rings. The summed E-state index contributed by atoms with van der Waals surface area (Å²) in [6.07, 6.45) is 1.48. The number of ketones is 1. The van der Waals surface area contributed by atoms with Gasteiger partial charge in [-0.25, -0.2) is 0 Å². The highest BCUT2D eigenvalue weighted by molar-refractivity contribution is 6.47. The smallest absolute Gasteiger partial charge is 0.244 e. The fraction of sp³-hybridized carbons (Fsp3) is 0.200. The number of nitrogens with zero attached hydrogens (tertiary/aromatic N) is 1. The van der Waals surface area contributed by atoms with Crippen LogP contribution in [-0.4, -0.2) is 25.1 Å². The van der Waals surface area contributed by atoms with Gasteiger partial charge in [0.05, 0.1) is 19.3 Å². The van der Waals surface area contributed by atoms with E-state index in [-0.39, 0.29) is 11.7 Å². The molecule has 0 saturated heterocycles. The number of carbonyl (C=O) groups is 1. The maximum Gasteiger partial charge on any atom is 0.244 e. The summed E-state index contributed by atoms with van der Waals surface area (Å²) < 4.78 is 10.3. The normalized spacial score (nSPS) is 17.4. The van der Waals surface area contributed by atoms with Crippen LogP contribution in [0.15, 0.2) is 52.2 Å². The molecule has 0 bridgehead atoms. The number of Topliss-reactive ketones (excluding diaryl/α,β-unsaturated/α-hetero) is 1. The van der Waals surface area contributed by atoms with E-state index in [0.717, 1.165) is 11.3 Å². The molecule has 102 valence electrons. The average Bonchev–Trinajstić information content (AvgIpc) is 3.18. The van der Waals surface area contributed by atoms with E-state index in [2.05, 4.69) is 10.5 Å². The van der Waals surface area contributed by atoms with Crippen molar-refractivity contribution in [2.24, 2.45) is 5.10 Å². The second-order valence-electron chi connectivity index (χ2n) is 4.49. The summed E-state index contributed by atoms with van der Waals surface area (Å²) in [6.45, 7) is 0.605. The number of nitrogens with one attached hydrogen (secondary N) is 1. The van der Waals surface area contributed by atoms with Crippen LogP contribution in [0.3, 0.4) is 0 Å². The minimum Gasteiger partial charge on any atom is -0.497 e. The van der Waals surface area contributed by atoms with Gasteiger partial charge in [-0.1, -0.05) is 12.1 Å². The minimum absolute atomic E-state index is 0.0708. The largest absolute Gasteiger partial charge is 0.497 e. The van der Waals surface area contributed by atoms with E-state index in [0.29, 0.717) is 18.0 Å². The molecule has 1 aliphatic heterocycles. The second kappa shape index (κ2) is 5.21. The van der Waals surface area contributed by atoms with Gasteiger partial charge in [-0.15, -0.1) is 0 Å². The van der Waals surface area contributed by atoms with Crippen LogP contribution in [0.25, 0.3) is 0 Å². The zero-order chi connectivity index (χ0) is 13.9. The Kier molecular flexibility index (Phi) is 3.25. The number of carbonyl (C=O) groups excluding carboxylic acids is 1. The summed E-state index contributed by atoms with van der Waals surface area (Å²) in [6, 6.07) is 11.0. The molecule has 0 saturated carbocycles. The van der Waals surface area contributed by atoms with Crippen molar-refractivity contribution in [1.82, 2.24) is 5.43 Å². The zero-order valence-corrected chi connectivity index (χ0v) is 11.0. The Balaban J connectivity index is 1.86. The number of benzene rings is 1. The third-order valence-corrected chi connectivity index (χ3v) is 3.32. The van der Waals surface area contributed by atoms with Gasteiger partial charge in [0, 0.05) is 6.54 Å². The quantitative estimate of drug-likeness (QED) is 0.865. The SMILES string of the molecule is COc1ccc(C2CNN=C2C(=O)c2ccco2)cc1. The number of hydrogen-bond donors (Lipinski definition) is 1. The van der Waals surface area contributed by atoms with Gasteiger partial charge in [0.2, 0.25) is 5.78 Å². The van der Waals surface area contributed by atoms with E-state index in [1.807, 2.05) is 24.3 Å². The van der Waals surface area contributed by atoms with Crippen molar-refractivity contribution in [3.8, 4) is 5.75 Å². The molecule has 1 aliphatic rings. The first-order chi connectivity index (χ1) is 9.79. The molecular formula is C15H14N2O3. The van der Waals surface area contributed by atoms with Gasteiger partial charge in [0.25, 0.3) is 0 Å². The van der Waals surface area contributed by atoms with Crippen molar-refractivity contribution in [3.63, 3.8) is 0 Å². The maximum atomic E-state index is 12.3. The Labute approximate surface area is 116 Å². The van der Waals surface area contributed by atoms with Crippen LogP contribution in [0.5, 0.6) is 5.75 Å². The van der Waals surface area contributed by atoms with Crippen molar-refractivity contribution in [1.29, 1.82) is 0 Å². The number of hydrogen-bond acceptors (Lipinski definition) is 5. The Morgan fingerprint density at radius 2 is 2.15 bits per heavy atom. The first kappa shape index (κ1) is 12.5. The first-order valence-electron chi connectivity index (χ1n) is 6.32. The second-order valence-corrected chi connectivity index (χ2v) is 4.49. The van der Waals surface area contributed by atoms with E-state index in [9.17, 15) is 4.79 Å². The molecule has 5 heteroatoms. The molecule has 5 nitrogen and oxygen atoms in total. The van der Waals surface area contributed by atoms with Gasteiger partial charge in [-0.2, -0.15) is 5.10 Å². The standard InChI is InChI=1S/C15H14N2O3/c1-19-11-6-4-10(5-7-11)12-9-16-17-14(12)15(18)13-3-2-8-20-13/h2-8,12,16H,9H2,1H3. The Morgan fingerprint density at radius 3 is 2.80 bits per heavy atom.